The molecule has 0 unspecified atom stereocenters. The van der Waals surface area contributed by atoms with E-state index in [2.05, 4.69) is 81.1 Å². The molecule has 246 valence electrons. The van der Waals surface area contributed by atoms with Gasteiger partial charge in [0.15, 0.2) is 8.32 Å². The summed E-state index contributed by atoms with van der Waals surface area (Å²) < 4.78 is 6.68. The molecule has 4 aromatic rings. The molecule has 0 bridgehead atoms. The summed E-state index contributed by atoms with van der Waals surface area (Å²) in [6.07, 6.45) is 2.54. The highest BCUT2D eigenvalue weighted by Crippen LogP contribution is 2.40. The van der Waals surface area contributed by atoms with Crippen molar-refractivity contribution in [1.29, 1.82) is 0 Å². The lowest BCUT2D eigenvalue weighted by atomic mass is 9.92. The van der Waals surface area contributed by atoms with Crippen molar-refractivity contribution in [1.82, 2.24) is 15.4 Å². The van der Waals surface area contributed by atoms with Crippen molar-refractivity contribution < 1.29 is 18.9 Å². The van der Waals surface area contributed by atoms with Gasteiger partial charge >= 0.3 is 0 Å². The minimum absolute atomic E-state index is 0.0144. The average Bonchev–Trinajstić information content (AvgIpc) is 3.62. The SMILES string of the molecule is Cc1ccc(C#Cc2ccc(CN3O[C@@H]([C@H](C)O[Si](C)(C)C(C)(C)C)[C@@H](C=O)[C@H]3C(=O)NCCc3c[nH]c4ccccc34)cc2)cc1. The van der Waals surface area contributed by atoms with E-state index in [0.29, 0.717) is 19.5 Å². The number of hydrogen-bond acceptors (Lipinski definition) is 5. The van der Waals surface area contributed by atoms with Crippen LogP contribution in [0.3, 0.4) is 0 Å². The van der Waals surface area contributed by atoms with Gasteiger partial charge in [-0.25, -0.2) is 0 Å². The van der Waals surface area contributed by atoms with Crippen LogP contribution in [0.15, 0.2) is 79.0 Å². The maximum absolute atomic E-state index is 13.9. The third kappa shape index (κ3) is 8.11. The maximum Gasteiger partial charge on any atom is 0.240 e. The summed E-state index contributed by atoms with van der Waals surface area (Å²) in [5.74, 6) is 5.52. The Hall–Kier alpha value is -4.00. The van der Waals surface area contributed by atoms with Gasteiger partial charge in [0.2, 0.25) is 5.91 Å². The summed E-state index contributed by atoms with van der Waals surface area (Å²) in [4.78, 5) is 36.3. The second-order valence-corrected chi connectivity index (χ2v) is 18.9. The lowest BCUT2D eigenvalue weighted by molar-refractivity contribution is -0.190. The highest BCUT2D eigenvalue weighted by molar-refractivity contribution is 6.74. The molecule has 1 saturated heterocycles. The molecule has 0 aliphatic carbocycles. The van der Waals surface area contributed by atoms with E-state index in [4.69, 9.17) is 9.26 Å². The Balaban J connectivity index is 1.33. The lowest BCUT2D eigenvalue weighted by Crippen LogP contribution is -2.49. The third-order valence-corrected chi connectivity index (χ3v) is 14.1. The van der Waals surface area contributed by atoms with Gasteiger partial charge in [-0.05, 0) is 79.9 Å². The predicted octanol–water partition coefficient (Wildman–Crippen LogP) is 6.94. The number of carbonyl (C=O) groups is 2. The molecule has 0 radical (unpaired) electrons. The van der Waals surface area contributed by atoms with Crippen LogP contribution in [0.4, 0.5) is 0 Å². The molecule has 47 heavy (non-hydrogen) atoms. The van der Waals surface area contributed by atoms with Gasteiger partial charge in [-0.1, -0.05) is 80.6 Å². The molecule has 2 N–H and O–H groups in total. The van der Waals surface area contributed by atoms with Crippen molar-refractivity contribution in [3.8, 4) is 11.8 Å². The first-order chi connectivity index (χ1) is 22.4. The van der Waals surface area contributed by atoms with Gasteiger partial charge in [-0.2, -0.15) is 5.06 Å². The van der Waals surface area contributed by atoms with E-state index in [9.17, 15) is 9.59 Å². The van der Waals surface area contributed by atoms with E-state index in [1.54, 1.807) is 5.06 Å². The predicted molar refractivity (Wildman–Crippen MR) is 190 cm³/mol. The lowest BCUT2D eigenvalue weighted by Gasteiger charge is -2.40. The zero-order chi connectivity index (χ0) is 33.8. The number of aryl methyl sites for hydroxylation is 1. The number of benzene rings is 3. The van der Waals surface area contributed by atoms with Gasteiger partial charge in [0, 0.05) is 34.8 Å². The smallest absolute Gasteiger partial charge is 0.240 e. The number of carbonyl (C=O) groups excluding carboxylic acids is 2. The van der Waals surface area contributed by atoms with Crippen molar-refractivity contribution >= 4 is 31.4 Å². The number of nitrogens with zero attached hydrogens (tertiary/aromatic N) is 1. The van der Waals surface area contributed by atoms with Crippen molar-refractivity contribution in [2.24, 2.45) is 5.92 Å². The first-order valence-corrected chi connectivity index (χ1v) is 19.3. The van der Waals surface area contributed by atoms with Crippen LogP contribution < -0.4 is 5.32 Å². The second-order valence-electron chi connectivity index (χ2n) is 14.1. The quantitative estimate of drug-likeness (QED) is 0.110. The highest BCUT2D eigenvalue weighted by Gasteiger charge is 2.51. The number of aromatic nitrogens is 1. The zero-order valence-electron chi connectivity index (χ0n) is 28.6. The number of fused-ring (bicyclic) bond motifs is 1. The Morgan fingerprint density at radius 3 is 2.32 bits per heavy atom. The molecule has 4 atom stereocenters. The Morgan fingerprint density at radius 2 is 1.68 bits per heavy atom. The molecule has 8 heteroatoms. The van der Waals surface area contributed by atoms with E-state index in [0.717, 1.165) is 39.4 Å². The van der Waals surface area contributed by atoms with Gasteiger partial charge in [-0.3, -0.25) is 9.63 Å². The largest absolute Gasteiger partial charge is 0.411 e. The summed E-state index contributed by atoms with van der Waals surface area (Å²) in [6.45, 7) is 15.7. The minimum atomic E-state index is -2.17. The standard InChI is InChI=1S/C39H47N3O4Si/c1-27-12-14-29(15-13-27)16-17-30-18-20-31(21-19-30)25-42-36(34(26-43)37(45-42)28(2)46-47(6,7)39(3,4)5)38(44)40-23-22-32-24-41-35-11-9-8-10-33(32)35/h8-15,18-21,24,26,28,34,36-37,41H,22-23,25H2,1-7H3,(H,40,44)/t28-,34-,36-,37-/m0/s1. The molecule has 2 heterocycles. The van der Waals surface area contributed by atoms with E-state index >= 15 is 0 Å². The van der Waals surface area contributed by atoms with Crippen LogP contribution in [-0.4, -0.2) is 55.4 Å². The van der Waals surface area contributed by atoms with Gasteiger partial charge in [0.25, 0.3) is 0 Å². The zero-order valence-corrected chi connectivity index (χ0v) is 29.6. The van der Waals surface area contributed by atoms with Crippen molar-refractivity contribution in [2.45, 2.75) is 84.0 Å². The number of H-pyrrole nitrogens is 1. The number of rotatable bonds is 10. The van der Waals surface area contributed by atoms with Crippen LogP contribution in [-0.2, 0) is 31.8 Å². The normalized spacial score (nSPS) is 19.3. The third-order valence-electron chi connectivity index (χ3n) is 9.55. The first kappa shape index (κ1) is 34.3. The number of aldehydes is 1. The fraction of sp³-hybridized carbons (Fsp3) is 0.385. The molecule has 1 aromatic heterocycles. The fourth-order valence-electron chi connectivity index (χ4n) is 5.78. The van der Waals surface area contributed by atoms with Crippen LogP contribution in [0.2, 0.25) is 18.1 Å². The van der Waals surface area contributed by atoms with E-state index in [1.807, 2.05) is 67.7 Å². The number of hydrogen-bond donors (Lipinski definition) is 2. The van der Waals surface area contributed by atoms with Gasteiger partial charge < -0.3 is 19.5 Å². The van der Waals surface area contributed by atoms with Crippen molar-refractivity contribution in [3.63, 3.8) is 0 Å². The first-order valence-electron chi connectivity index (χ1n) is 16.4. The maximum atomic E-state index is 13.9. The molecule has 1 aliphatic rings. The molecule has 1 aliphatic heterocycles. The molecule has 7 nitrogen and oxygen atoms in total. The Morgan fingerprint density at radius 1 is 1.04 bits per heavy atom. The summed E-state index contributed by atoms with van der Waals surface area (Å²) >= 11 is 0. The van der Waals surface area contributed by atoms with Crippen molar-refractivity contribution in [2.75, 3.05) is 6.54 Å². The van der Waals surface area contributed by atoms with Crippen LogP contribution in [0.1, 0.15) is 55.5 Å². The average molecular weight is 650 g/mol. The monoisotopic (exact) mass is 649 g/mol. The van der Waals surface area contributed by atoms with Gasteiger partial charge in [-0.15, -0.1) is 0 Å². The summed E-state index contributed by atoms with van der Waals surface area (Å²) in [6, 6.07) is 23.4. The topological polar surface area (TPSA) is 83.7 Å². The minimum Gasteiger partial charge on any atom is -0.411 e. The molecule has 5 rings (SSSR count). The molecular formula is C39H47N3O4Si. The molecular weight excluding hydrogens is 603 g/mol. The molecule has 1 amide bonds. The fourth-order valence-corrected chi connectivity index (χ4v) is 7.20. The van der Waals surface area contributed by atoms with E-state index in [1.165, 1.54) is 5.56 Å². The Labute approximate surface area is 280 Å². The highest BCUT2D eigenvalue weighted by atomic mass is 28.4. The van der Waals surface area contributed by atoms with Crippen LogP contribution in [0.25, 0.3) is 10.9 Å². The molecule has 0 spiro atoms. The molecule has 3 aromatic carbocycles. The van der Waals surface area contributed by atoms with Crippen molar-refractivity contribution in [3.05, 3.63) is 107 Å². The summed E-state index contributed by atoms with van der Waals surface area (Å²) in [7, 11) is -2.17. The van der Waals surface area contributed by atoms with Crippen LogP contribution in [0.5, 0.6) is 0 Å². The number of amides is 1. The number of aromatic amines is 1. The second kappa shape index (κ2) is 14.4. The Bertz CT molecular complexity index is 1750. The summed E-state index contributed by atoms with van der Waals surface area (Å²) in [5.41, 5.74) is 6.20. The summed E-state index contributed by atoms with van der Waals surface area (Å²) in [5, 5.41) is 5.90. The molecule has 1 fully saturated rings. The molecule has 0 saturated carbocycles. The van der Waals surface area contributed by atoms with Gasteiger partial charge in [0.05, 0.1) is 18.6 Å². The number of para-hydroxylation sites is 1. The van der Waals surface area contributed by atoms with E-state index in [-0.39, 0.29) is 17.0 Å². The van der Waals surface area contributed by atoms with Gasteiger partial charge in [0.1, 0.15) is 18.4 Å². The van der Waals surface area contributed by atoms with E-state index < -0.39 is 26.4 Å². The Kier molecular flexibility index (Phi) is 10.5. The number of nitrogens with one attached hydrogen (secondary N) is 2. The van der Waals surface area contributed by atoms with Crippen LogP contribution >= 0.6 is 0 Å². The number of hydroxylamine groups is 2. The van der Waals surface area contributed by atoms with Crippen LogP contribution in [0, 0.1) is 24.7 Å².